The fourth-order valence-electron chi connectivity index (χ4n) is 2.27. The number of hydrogen-bond donors (Lipinski definition) is 2. The molecule has 0 aliphatic carbocycles. The third-order valence-electron chi connectivity index (χ3n) is 4.89. The van der Waals surface area contributed by atoms with Crippen molar-refractivity contribution in [2.45, 2.75) is 53.5 Å². The number of nitrogens with one attached hydrogen (secondary N) is 2. The van der Waals surface area contributed by atoms with Crippen LogP contribution < -0.4 is 10.0 Å². The molecule has 0 aromatic carbocycles. The number of ether oxygens (including phenoxy) is 2. The van der Waals surface area contributed by atoms with E-state index in [9.17, 15) is 28.8 Å². The molecule has 32 heavy (non-hydrogen) atoms. The molecule has 4 atom stereocenters. The van der Waals surface area contributed by atoms with Gasteiger partial charge >= 0.3 is 11.3 Å². The zero-order valence-electron chi connectivity index (χ0n) is 19.6. The van der Waals surface area contributed by atoms with Gasteiger partial charge in [0.25, 0.3) is 11.8 Å². The van der Waals surface area contributed by atoms with Crippen LogP contribution in [0.3, 0.4) is 0 Å². The van der Waals surface area contributed by atoms with Crippen LogP contribution in [0.2, 0.25) is 0 Å². The summed E-state index contributed by atoms with van der Waals surface area (Å²) in [6, 6.07) is -1.25. The third-order valence-corrected chi connectivity index (χ3v) is 10.8. The number of amides is 2. The first-order valence-corrected chi connectivity index (χ1v) is 13.6. The van der Waals surface area contributed by atoms with Crippen molar-refractivity contribution < 1.29 is 38.2 Å². The monoisotopic (exact) mass is 494 g/mol. The number of esters is 1. The molecule has 0 aliphatic rings. The molecule has 0 aromatic heterocycles. The SMILES string of the molecule is CCC(C)C(=O)C(=O)NC(CSS(CC)(NC(=O)C(=O)C(C)CC)C(=O)OC)C(=O)OC. The van der Waals surface area contributed by atoms with Crippen LogP contribution in [0.25, 0.3) is 0 Å². The minimum Gasteiger partial charge on any atom is -0.467 e. The highest BCUT2D eigenvalue weighted by Gasteiger charge is 2.39. The summed E-state index contributed by atoms with van der Waals surface area (Å²) in [6.45, 7) is 8.34. The Morgan fingerprint density at radius 2 is 1.34 bits per heavy atom. The van der Waals surface area contributed by atoms with Gasteiger partial charge in [-0.05, 0) is 22.1 Å². The second-order valence-corrected chi connectivity index (χ2v) is 12.5. The summed E-state index contributed by atoms with van der Waals surface area (Å²) in [5.74, 6) is -5.16. The number of carbonyl (C=O) groups is 6. The van der Waals surface area contributed by atoms with E-state index in [1.165, 1.54) is 0 Å². The number of ketones is 2. The van der Waals surface area contributed by atoms with Gasteiger partial charge in [0.05, 0.1) is 14.2 Å². The normalized spacial score (nSPS) is 16.3. The van der Waals surface area contributed by atoms with Crippen LogP contribution in [-0.4, -0.2) is 66.4 Å². The summed E-state index contributed by atoms with van der Waals surface area (Å²) in [6.07, 6.45) is 0.901. The first kappa shape index (κ1) is 29.9. The Balaban J connectivity index is 5.71. The highest BCUT2D eigenvalue weighted by molar-refractivity contribution is 8.99. The van der Waals surface area contributed by atoms with Crippen LogP contribution in [0.5, 0.6) is 0 Å². The van der Waals surface area contributed by atoms with Crippen molar-refractivity contribution in [1.82, 2.24) is 10.0 Å². The van der Waals surface area contributed by atoms with Crippen molar-refractivity contribution in [2.75, 3.05) is 25.7 Å². The van der Waals surface area contributed by atoms with Crippen LogP contribution in [-0.2, 0) is 33.4 Å². The van der Waals surface area contributed by atoms with E-state index in [0.29, 0.717) is 12.8 Å². The maximum atomic E-state index is 12.6. The highest BCUT2D eigenvalue weighted by Crippen LogP contribution is 2.57. The fourth-order valence-corrected chi connectivity index (χ4v) is 6.81. The second kappa shape index (κ2) is 14.1. The molecule has 0 bridgehead atoms. The van der Waals surface area contributed by atoms with E-state index in [1.807, 2.05) is 0 Å². The van der Waals surface area contributed by atoms with Crippen molar-refractivity contribution in [3.05, 3.63) is 0 Å². The Morgan fingerprint density at radius 3 is 1.75 bits per heavy atom. The van der Waals surface area contributed by atoms with E-state index in [4.69, 9.17) is 9.47 Å². The second-order valence-electron chi connectivity index (χ2n) is 7.03. The molecule has 0 aromatic rings. The zero-order valence-corrected chi connectivity index (χ0v) is 21.3. The summed E-state index contributed by atoms with van der Waals surface area (Å²) in [5.41, 5.74) is 0. The Morgan fingerprint density at radius 1 is 0.844 bits per heavy atom. The summed E-state index contributed by atoms with van der Waals surface area (Å²) in [7, 11) is 0.379. The lowest BCUT2D eigenvalue weighted by atomic mass is 10.0. The van der Waals surface area contributed by atoms with Crippen LogP contribution in [0, 0.1) is 11.8 Å². The molecule has 0 heterocycles. The van der Waals surface area contributed by atoms with Crippen LogP contribution in [0.4, 0.5) is 4.79 Å². The van der Waals surface area contributed by atoms with E-state index in [0.717, 1.165) is 25.0 Å². The van der Waals surface area contributed by atoms with Gasteiger partial charge in [-0.3, -0.25) is 23.9 Å². The molecule has 0 aliphatic heterocycles. The molecule has 12 heteroatoms. The molecule has 4 unspecified atom stereocenters. The number of carbonyl (C=O) groups excluding carboxylic acids is 6. The van der Waals surface area contributed by atoms with Crippen molar-refractivity contribution >= 4 is 54.7 Å². The Labute approximate surface area is 194 Å². The molecule has 0 rings (SSSR count). The molecule has 0 saturated carbocycles. The summed E-state index contributed by atoms with van der Waals surface area (Å²) < 4.78 is 12.1. The average molecular weight is 495 g/mol. The van der Waals surface area contributed by atoms with Gasteiger partial charge in [0, 0.05) is 23.3 Å². The number of hydrogen-bond acceptors (Lipinski definition) is 9. The van der Waals surface area contributed by atoms with Crippen molar-refractivity contribution in [3.8, 4) is 0 Å². The molecule has 2 N–H and O–H groups in total. The molecule has 2 amide bonds. The largest absolute Gasteiger partial charge is 0.467 e. The average Bonchev–Trinajstić information content (AvgIpc) is 2.81. The van der Waals surface area contributed by atoms with Gasteiger partial charge < -0.3 is 14.8 Å². The van der Waals surface area contributed by atoms with E-state index >= 15 is 0 Å². The van der Waals surface area contributed by atoms with Gasteiger partial charge in [-0.25, -0.2) is 9.59 Å². The van der Waals surface area contributed by atoms with Crippen molar-refractivity contribution in [3.63, 3.8) is 0 Å². The topological polar surface area (TPSA) is 145 Å². The van der Waals surface area contributed by atoms with Gasteiger partial charge in [0.15, 0.2) is 0 Å². The maximum Gasteiger partial charge on any atom is 0.375 e. The Bertz CT molecular complexity index is 730. The lowest BCUT2D eigenvalue weighted by Crippen LogP contribution is -2.47. The van der Waals surface area contributed by atoms with Crippen LogP contribution in [0.1, 0.15) is 47.5 Å². The molecule has 0 saturated heterocycles. The Kier molecular flexibility index (Phi) is 13.2. The van der Waals surface area contributed by atoms with Gasteiger partial charge in [-0.15, -0.1) is 0 Å². The van der Waals surface area contributed by atoms with Crippen LogP contribution in [0.15, 0.2) is 0 Å². The minimum absolute atomic E-state index is 0.109. The van der Waals surface area contributed by atoms with Gasteiger partial charge in [-0.1, -0.05) is 45.4 Å². The molecular formula is C20H34N2O8S2. The molecule has 0 radical (unpaired) electrons. The maximum absolute atomic E-state index is 12.6. The van der Waals surface area contributed by atoms with Crippen molar-refractivity contribution in [1.29, 1.82) is 0 Å². The predicted octanol–water partition coefficient (Wildman–Crippen LogP) is 2.14. The molecular weight excluding hydrogens is 460 g/mol. The molecule has 10 nitrogen and oxygen atoms in total. The fraction of sp³-hybridized carbons (Fsp3) is 0.700. The highest BCUT2D eigenvalue weighted by atomic mass is 33.2. The molecule has 0 spiro atoms. The first-order valence-electron chi connectivity index (χ1n) is 10.3. The van der Waals surface area contributed by atoms with E-state index in [1.54, 1.807) is 34.6 Å². The quantitative estimate of drug-likeness (QED) is 0.237. The lowest BCUT2D eigenvalue weighted by molar-refractivity contribution is -0.146. The summed E-state index contributed by atoms with van der Waals surface area (Å²) in [4.78, 5) is 73.9. The van der Waals surface area contributed by atoms with E-state index < -0.39 is 61.8 Å². The number of rotatable bonds is 12. The standard InChI is InChI=1S/C20H34N2O8S2/c1-8-12(4)15(23)17(25)21-14(19(27)29-6)11-31-32(10-3,20(28)30-7)22-18(26)16(24)13(5)9-2/h12-14H,8-11H2,1-7H3,(H,21,25)(H,22,26). The van der Waals surface area contributed by atoms with Gasteiger partial charge in [-0.2, -0.15) is 0 Å². The first-order chi connectivity index (χ1) is 14.9. The summed E-state index contributed by atoms with van der Waals surface area (Å²) >= 11 is 0. The van der Waals surface area contributed by atoms with Gasteiger partial charge in [0.2, 0.25) is 11.6 Å². The third kappa shape index (κ3) is 8.12. The smallest absolute Gasteiger partial charge is 0.375 e. The number of Topliss-reactive ketones (excluding diaryl/α,β-unsaturated/α-hetero) is 2. The zero-order chi connectivity index (χ0) is 25.1. The predicted molar refractivity (Wildman–Crippen MR) is 124 cm³/mol. The van der Waals surface area contributed by atoms with E-state index in [-0.39, 0.29) is 11.5 Å². The van der Waals surface area contributed by atoms with Crippen molar-refractivity contribution in [2.24, 2.45) is 11.8 Å². The van der Waals surface area contributed by atoms with Crippen LogP contribution >= 0.6 is 20.0 Å². The number of methoxy groups -OCH3 is 2. The lowest BCUT2D eigenvalue weighted by Gasteiger charge is -2.35. The van der Waals surface area contributed by atoms with E-state index in [2.05, 4.69) is 10.0 Å². The molecule has 0 fully saturated rings. The minimum atomic E-state index is -2.77. The summed E-state index contributed by atoms with van der Waals surface area (Å²) in [5, 5.41) is 1.59. The molecule has 184 valence electrons. The van der Waals surface area contributed by atoms with Gasteiger partial charge in [0.1, 0.15) is 6.04 Å². The Hall–Kier alpha value is -2.08.